The van der Waals surface area contributed by atoms with Crippen LogP contribution in [0.25, 0.3) is 0 Å². The molecule has 0 fully saturated rings. The van der Waals surface area contributed by atoms with Gasteiger partial charge in [0.15, 0.2) is 0 Å². The van der Waals surface area contributed by atoms with Crippen molar-refractivity contribution in [2.75, 3.05) is 10.6 Å². The quantitative estimate of drug-likeness (QED) is 0.748. The Hall–Kier alpha value is -3.28. The van der Waals surface area contributed by atoms with E-state index in [4.69, 9.17) is 0 Å². The van der Waals surface area contributed by atoms with Gasteiger partial charge in [-0.15, -0.1) is 0 Å². The number of aromatic nitrogens is 2. The van der Waals surface area contributed by atoms with Crippen LogP contribution in [0.4, 0.5) is 21.7 Å². The molecule has 0 aliphatic rings. The number of nitrogens with zero attached hydrogens (tertiary/aromatic N) is 2. The van der Waals surface area contributed by atoms with Crippen molar-refractivity contribution in [2.45, 2.75) is 13.8 Å². The third-order valence-electron chi connectivity index (χ3n) is 3.60. The van der Waals surface area contributed by atoms with E-state index >= 15 is 0 Å². The first-order valence-corrected chi connectivity index (χ1v) is 7.77. The molecule has 6 heteroatoms. The summed E-state index contributed by atoms with van der Waals surface area (Å²) in [5.74, 6) is -0.602. The number of amides is 1. The SMILES string of the molecule is Cc1cc(C(=O)Nc2ccccc2C)nc(Nc2ccccc2F)n1. The number of carbonyl (C=O) groups excluding carboxylic acids is 1. The van der Waals surface area contributed by atoms with E-state index in [2.05, 4.69) is 20.6 Å². The topological polar surface area (TPSA) is 66.9 Å². The molecule has 0 unspecified atom stereocenters. The molecule has 1 amide bonds. The first-order chi connectivity index (χ1) is 12.0. The predicted octanol–water partition coefficient (Wildman–Crippen LogP) is 4.23. The lowest BCUT2D eigenvalue weighted by molar-refractivity contribution is 0.102. The first kappa shape index (κ1) is 16.6. The average Bonchev–Trinajstić information content (AvgIpc) is 2.58. The van der Waals surface area contributed by atoms with Gasteiger partial charge in [-0.05, 0) is 43.7 Å². The fourth-order valence-corrected chi connectivity index (χ4v) is 2.32. The zero-order valence-corrected chi connectivity index (χ0v) is 13.9. The van der Waals surface area contributed by atoms with Crippen LogP contribution >= 0.6 is 0 Å². The Morgan fingerprint density at radius 1 is 0.960 bits per heavy atom. The highest BCUT2D eigenvalue weighted by Crippen LogP contribution is 2.18. The second-order valence-electron chi connectivity index (χ2n) is 5.59. The van der Waals surface area contributed by atoms with Crippen LogP contribution in [-0.2, 0) is 0 Å². The van der Waals surface area contributed by atoms with E-state index in [9.17, 15) is 9.18 Å². The van der Waals surface area contributed by atoms with Gasteiger partial charge in [0.25, 0.3) is 5.91 Å². The summed E-state index contributed by atoms with van der Waals surface area (Å²) in [6, 6.07) is 15.3. The smallest absolute Gasteiger partial charge is 0.274 e. The molecule has 0 spiro atoms. The van der Waals surface area contributed by atoms with Crippen molar-refractivity contribution in [1.29, 1.82) is 0 Å². The lowest BCUT2D eigenvalue weighted by Gasteiger charge is -2.10. The minimum absolute atomic E-state index is 0.167. The van der Waals surface area contributed by atoms with E-state index in [1.54, 1.807) is 31.2 Å². The molecule has 25 heavy (non-hydrogen) atoms. The van der Waals surface area contributed by atoms with Gasteiger partial charge >= 0.3 is 0 Å². The van der Waals surface area contributed by atoms with Crippen LogP contribution in [0.5, 0.6) is 0 Å². The normalized spacial score (nSPS) is 10.4. The summed E-state index contributed by atoms with van der Waals surface area (Å²) in [7, 11) is 0. The van der Waals surface area contributed by atoms with E-state index in [0.717, 1.165) is 5.56 Å². The molecule has 0 atom stereocenters. The van der Waals surface area contributed by atoms with Crippen molar-refractivity contribution in [1.82, 2.24) is 9.97 Å². The molecular formula is C19H17FN4O. The van der Waals surface area contributed by atoms with Gasteiger partial charge in [0, 0.05) is 11.4 Å². The summed E-state index contributed by atoms with van der Waals surface area (Å²) in [5, 5.41) is 5.63. The summed E-state index contributed by atoms with van der Waals surface area (Å²) in [5.41, 5.74) is 2.72. The Labute approximate surface area is 145 Å². The molecule has 3 rings (SSSR count). The molecule has 2 aromatic carbocycles. The number of benzene rings is 2. The van der Waals surface area contributed by atoms with Gasteiger partial charge in [-0.25, -0.2) is 14.4 Å². The van der Waals surface area contributed by atoms with Crippen LogP contribution in [0.15, 0.2) is 54.6 Å². The highest BCUT2D eigenvalue weighted by atomic mass is 19.1. The number of hydrogen-bond acceptors (Lipinski definition) is 4. The van der Waals surface area contributed by atoms with Gasteiger partial charge in [-0.2, -0.15) is 0 Å². The van der Waals surface area contributed by atoms with Crippen LogP contribution in [0.2, 0.25) is 0 Å². The molecule has 0 aliphatic heterocycles. The van der Waals surface area contributed by atoms with Gasteiger partial charge in [-0.3, -0.25) is 4.79 Å². The Morgan fingerprint density at radius 2 is 1.64 bits per heavy atom. The number of aryl methyl sites for hydroxylation is 2. The number of anilines is 3. The van der Waals surface area contributed by atoms with Crippen LogP contribution in [-0.4, -0.2) is 15.9 Å². The molecular weight excluding hydrogens is 319 g/mol. The zero-order valence-electron chi connectivity index (χ0n) is 13.9. The van der Waals surface area contributed by atoms with Gasteiger partial charge in [-0.1, -0.05) is 30.3 Å². The highest BCUT2D eigenvalue weighted by molar-refractivity contribution is 6.03. The first-order valence-electron chi connectivity index (χ1n) is 7.77. The third kappa shape index (κ3) is 3.98. The van der Waals surface area contributed by atoms with Gasteiger partial charge < -0.3 is 10.6 Å². The number of halogens is 1. The highest BCUT2D eigenvalue weighted by Gasteiger charge is 2.13. The maximum atomic E-state index is 13.8. The molecule has 3 aromatic rings. The Kier molecular flexibility index (Phi) is 4.70. The van der Waals surface area contributed by atoms with E-state index in [-0.39, 0.29) is 23.2 Å². The number of carbonyl (C=O) groups is 1. The van der Waals surface area contributed by atoms with Crippen LogP contribution in [0, 0.1) is 19.7 Å². The molecule has 126 valence electrons. The minimum Gasteiger partial charge on any atom is -0.322 e. The van der Waals surface area contributed by atoms with Gasteiger partial charge in [0.2, 0.25) is 5.95 Å². The summed E-state index contributed by atoms with van der Waals surface area (Å²) in [6.45, 7) is 3.66. The maximum absolute atomic E-state index is 13.8. The molecule has 0 bridgehead atoms. The lowest BCUT2D eigenvalue weighted by atomic mass is 10.2. The Morgan fingerprint density at radius 3 is 2.36 bits per heavy atom. The van der Waals surface area contributed by atoms with Crippen LogP contribution in [0.3, 0.4) is 0 Å². The minimum atomic E-state index is -0.418. The summed E-state index contributed by atoms with van der Waals surface area (Å²) in [6.07, 6.45) is 0. The van der Waals surface area contributed by atoms with Crippen molar-refractivity contribution in [3.8, 4) is 0 Å². The molecule has 0 aliphatic carbocycles. The summed E-state index contributed by atoms with van der Waals surface area (Å²) < 4.78 is 13.8. The summed E-state index contributed by atoms with van der Waals surface area (Å²) in [4.78, 5) is 20.9. The van der Waals surface area contributed by atoms with Crippen molar-refractivity contribution in [3.05, 3.63) is 77.4 Å². The molecule has 0 saturated heterocycles. The largest absolute Gasteiger partial charge is 0.322 e. The number of hydrogen-bond donors (Lipinski definition) is 2. The van der Waals surface area contributed by atoms with E-state index in [0.29, 0.717) is 11.4 Å². The fraction of sp³-hybridized carbons (Fsp3) is 0.105. The van der Waals surface area contributed by atoms with Gasteiger partial charge in [0.1, 0.15) is 11.5 Å². The van der Waals surface area contributed by atoms with E-state index in [1.807, 2.05) is 31.2 Å². The molecule has 5 nitrogen and oxygen atoms in total. The zero-order chi connectivity index (χ0) is 17.8. The Bertz CT molecular complexity index is 927. The van der Waals surface area contributed by atoms with Crippen molar-refractivity contribution >= 4 is 23.2 Å². The van der Waals surface area contributed by atoms with Crippen LogP contribution in [0.1, 0.15) is 21.7 Å². The van der Waals surface area contributed by atoms with E-state index in [1.165, 1.54) is 6.07 Å². The second kappa shape index (κ2) is 7.09. The molecule has 0 radical (unpaired) electrons. The van der Waals surface area contributed by atoms with Crippen molar-refractivity contribution in [2.24, 2.45) is 0 Å². The maximum Gasteiger partial charge on any atom is 0.274 e. The third-order valence-corrected chi connectivity index (χ3v) is 3.60. The molecule has 0 saturated carbocycles. The van der Waals surface area contributed by atoms with Crippen molar-refractivity contribution < 1.29 is 9.18 Å². The fourth-order valence-electron chi connectivity index (χ4n) is 2.32. The standard InChI is InChI=1S/C19H17FN4O/c1-12-7-3-5-9-15(12)22-18(25)17-11-13(2)21-19(24-17)23-16-10-6-4-8-14(16)20/h3-11H,1-2H3,(H,22,25)(H,21,23,24). The van der Waals surface area contributed by atoms with Gasteiger partial charge in [0.05, 0.1) is 5.69 Å². The number of para-hydroxylation sites is 2. The average molecular weight is 336 g/mol. The molecule has 1 heterocycles. The molecule has 2 N–H and O–H groups in total. The van der Waals surface area contributed by atoms with Crippen LogP contribution < -0.4 is 10.6 Å². The predicted molar refractivity (Wildman–Crippen MR) is 95.6 cm³/mol. The van der Waals surface area contributed by atoms with E-state index < -0.39 is 5.82 Å². The number of nitrogens with one attached hydrogen (secondary N) is 2. The second-order valence-corrected chi connectivity index (χ2v) is 5.59. The Balaban J connectivity index is 1.85. The molecule has 1 aromatic heterocycles. The lowest BCUT2D eigenvalue weighted by Crippen LogP contribution is -2.16. The monoisotopic (exact) mass is 336 g/mol. The van der Waals surface area contributed by atoms with Crippen molar-refractivity contribution in [3.63, 3.8) is 0 Å². The summed E-state index contributed by atoms with van der Waals surface area (Å²) >= 11 is 0. The number of rotatable bonds is 4.